The van der Waals surface area contributed by atoms with Gasteiger partial charge in [-0.25, -0.2) is 0 Å². The summed E-state index contributed by atoms with van der Waals surface area (Å²) in [5, 5.41) is 0. The van der Waals surface area contributed by atoms with Gasteiger partial charge in [-0.1, -0.05) is 0 Å². The van der Waals surface area contributed by atoms with Crippen LogP contribution in [0.5, 0.6) is 0 Å². The third-order valence-electron chi connectivity index (χ3n) is 0.629. The molecule has 0 aromatic carbocycles. The molecule has 0 aromatic heterocycles. The van der Waals surface area contributed by atoms with Crippen LogP contribution in [-0.2, 0) is 0 Å². The number of nitrogens with zero attached hydrogens (tertiary/aromatic N) is 1. The van der Waals surface area contributed by atoms with Crippen molar-refractivity contribution < 1.29 is 4.80 Å². The van der Waals surface area contributed by atoms with Crippen molar-refractivity contribution in [2.24, 2.45) is 0 Å². The Kier molecular flexibility index (Phi) is 3.24. The van der Waals surface area contributed by atoms with Gasteiger partial charge in [0.05, 0.1) is 0 Å². The summed E-state index contributed by atoms with van der Waals surface area (Å²) in [5.74, 6) is 0. The van der Waals surface area contributed by atoms with Crippen molar-refractivity contribution in [2.45, 2.75) is 6.55 Å². The molecule has 0 aliphatic heterocycles. The van der Waals surface area contributed by atoms with E-state index in [0.29, 0.717) is 0 Å². The van der Waals surface area contributed by atoms with Gasteiger partial charge in [-0.2, -0.15) is 0 Å². The van der Waals surface area contributed by atoms with Crippen LogP contribution >= 0.6 is 0 Å². The zero-order valence-corrected chi connectivity index (χ0v) is 6.33. The van der Waals surface area contributed by atoms with Gasteiger partial charge >= 0.3 is 0 Å². The lowest BCUT2D eigenvalue weighted by Crippen LogP contribution is -2.26. The first-order chi connectivity index (χ1) is 3.13. The lowest BCUT2D eigenvalue weighted by atomic mass is 11.0. The summed E-state index contributed by atoms with van der Waals surface area (Å²) < 4.78 is 0. The van der Waals surface area contributed by atoms with Gasteiger partial charge in [-0.05, 0) is 20.6 Å². The highest BCUT2D eigenvalue weighted by atomic mass is 28.3. The summed E-state index contributed by atoms with van der Waals surface area (Å²) in [7, 11) is 2.64. The molecule has 44 valence electrons. The second-order valence-electron chi connectivity index (χ2n) is 2.11. The Morgan fingerprint density at radius 2 is 2.00 bits per heavy atom. The maximum absolute atomic E-state index is 8.82. The first kappa shape index (κ1) is 7.14. The highest BCUT2D eigenvalue weighted by Crippen LogP contribution is 1.76. The van der Waals surface area contributed by atoms with E-state index in [9.17, 15) is 0 Å². The SMILES string of the molecule is CN(C)C[SiH](C)O. The Hall–Kier alpha value is 0.137. The Bertz CT molecular complexity index is 41.0. The minimum atomic E-state index is -1.30. The second-order valence-corrected chi connectivity index (χ2v) is 4.17. The smallest absolute Gasteiger partial charge is 0.183 e. The molecule has 0 spiro atoms. The van der Waals surface area contributed by atoms with Gasteiger partial charge in [0.2, 0.25) is 0 Å². The Morgan fingerprint density at radius 1 is 1.57 bits per heavy atom. The zero-order valence-electron chi connectivity index (χ0n) is 5.18. The predicted octanol–water partition coefficient (Wildman–Crippen LogP) is -0.567. The van der Waals surface area contributed by atoms with E-state index in [1.807, 2.05) is 25.5 Å². The minimum absolute atomic E-state index is 0.889. The standard InChI is InChI=1S/C4H13NOSi/c1-5(2)4-7(3)6/h6-7H,4H2,1-3H3. The fraction of sp³-hybridized carbons (Fsp3) is 1.00. The van der Waals surface area contributed by atoms with Gasteiger partial charge < -0.3 is 9.70 Å². The van der Waals surface area contributed by atoms with Crippen molar-refractivity contribution in [3.8, 4) is 0 Å². The quantitative estimate of drug-likeness (QED) is 0.492. The van der Waals surface area contributed by atoms with Crippen LogP contribution in [0.4, 0.5) is 0 Å². The van der Waals surface area contributed by atoms with Crippen molar-refractivity contribution >= 4 is 9.04 Å². The summed E-state index contributed by atoms with van der Waals surface area (Å²) >= 11 is 0. The van der Waals surface area contributed by atoms with E-state index in [2.05, 4.69) is 0 Å². The molecule has 1 unspecified atom stereocenters. The summed E-state index contributed by atoms with van der Waals surface area (Å²) in [6.45, 7) is 1.92. The van der Waals surface area contributed by atoms with Crippen LogP contribution < -0.4 is 0 Å². The van der Waals surface area contributed by atoms with E-state index in [-0.39, 0.29) is 0 Å². The Labute approximate surface area is 46.5 Å². The van der Waals surface area contributed by atoms with Crippen LogP contribution in [0, 0.1) is 0 Å². The summed E-state index contributed by atoms with van der Waals surface area (Å²) in [4.78, 5) is 10.8. The largest absolute Gasteiger partial charge is 0.434 e. The predicted molar refractivity (Wildman–Crippen MR) is 33.8 cm³/mol. The van der Waals surface area contributed by atoms with Gasteiger partial charge in [-0.3, -0.25) is 0 Å². The molecule has 0 bridgehead atoms. The van der Waals surface area contributed by atoms with Crippen molar-refractivity contribution in [2.75, 3.05) is 20.3 Å². The van der Waals surface area contributed by atoms with E-state index in [1.54, 1.807) is 0 Å². The van der Waals surface area contributed by atoms with E-state index >= 15 is 0 Å². The van der Waals surface area contributed by atoms with Crippen LogP contribution in [0.2, 0.25) is 6.55 Å². The maximum atomic E-state index is 8.82. The maximum Gasteiger partial charge on any atom is 0.183 e. The van der Waals surface area contributed by atoms with Crippen molar-refractivity contribution in [1.29, 1.82) is 0 Å². The summed E-state index contributed by atoms with van der Waals surface area (Å²) in [6.07, 6.45) is 0.889. The molecule has 0 radical (unpaired) electrons. The first-order valence-electron chi connectivity index (χ1n) is 2.45. The average molecular weight is 119 g/mol. The molecule has 7 heavy (non-hydrogen) atoms. The van der Waals surface area contributed by atoms with Crippen molar-refractivity contribution in [1.82, 2.24) is 4.90 Å². The average Bonchev–Trinajstić information content (AvgIpc) is 1.27. The molecule has 0 aromatic rings. The molecule has 0 saturated heterocycles. The molecule has 0 aliphatic rings. The third-order valence-corrected chi connectivity index (χ3v) is 1.89. The molecule has 1 atom stereocenters. The van der Waals surface area contributed by atoms with Gasteiger partial charge in [0, 0.05) is 6.17 Å². The van der Waals surface area contributed by atoms with Gasteiger partial charge in [0.1, 0.15) is 0 Å². The highest BCUT2D eigenvalue weighted by molar-refractivity contribution is 6.48. The highest BCUT2D eigenvalue weighted by Gasteiger charge is 1.97. The zero-order chi connectivity index (χ0) is 5.86. The molecule has 0 aliphatic carbocycles. The Balaban J connectivity index is 2.95. The first-order valence-corrected chi connectivity index (χ1v) is 4.94. The Morgan fingerprint density at radius 3 is 2.00 bits per heavy atom. The molecule has 2 nitrogen and oxygen atoms in total. The van der Waals surface area contributed by atoms with Crippen LogP contribution in [0.25, 0.3) is 0 Å². The second kappa shape index (κ2) is 3.18. The van der Waals surface area contributed by atoms with Gasteiger partial charge in [-0.15, -0.1) is 0 Å². The molecular formula is C4H13NOSi. The fourth-order valence-corrected chi connectivity index (χ4v) is 1.59. The molecule has 0 amide bonds. The topological polar surface area (TPSA) is 23.5 Å². The summed E-state index contributed by atoms with van der Waals surface area (Å²) in [5.41, 5.74) is 0. The van der Waals surface area contributed by atoms with Crippen LogP contribution in [0.1, 0.15) is 0 Å². The van der Waals surface area contributed by atoms with Crippen LogP contribution in [0.3, 0.4) is 0 Å². The molecular weight excluding hydrogens is 106 g/mol. The van der Waals surface area contributed by atoms with Gasteiger partial charge in [0.15, 0.2) is 9.04 Å². The van der Waals surface area contributed by atoms with Gasteiger partial charge in [0.25, 0.3) is 0 Å². The summed E-state index contributed by atoms with van der Waals surface area (Å²) in [6, 6.07) is 0. The van der Waals surface area contributed by atoms with Crippen molar-refractivity contribution in [3.63, 3.8) is 0 Å². The lowest BCUT2D eigenvalue weighted by molar-refractivity contribution is 0.441. The number of hydrogen-bond acceptors (Lipinski definition) is 2. The minimum Gasteiger partial charge on any atom is -0.434 e. The lowest BCUT2D eigenvalue weighted by Gasteiger charge is -2.08. The molecule has 3 heteroatoms. The van der Waals surface area contributed by atoms with E-state index < -0.39 is 9.04 Å². The van der Waals surface area contributed by atoms with E-state index in [4.69, 9.17) is 4.80 Å². The van der Waals surface area contributed by atoms with Crippen molar-refractivity contribution in [3.05, 3.63) is 0 Å². The molecule has 0 rings (SSSR count). The van der Waals surface area contributed by atoms with E-state index in [0.717, 1.165) is 6.17 Å². The van der Waals surface area contributed by atoms with Crippen LogP contribution in [-0.4, -0.2) is 39.0 Å². The molecule has 0 heterocycles. The molecule has 0 saturated carbocycles. The number of rotatable bonds is 2. The fourth-order valence-electron chi connectivity index (χ4n) is 0.528. The molecule has 0 fully saturated rings. The van der Waals surface area contributed by atoms with E-state index in [1.165, 1.54) is 0 Å². The van der Waals surface area contributed by atoms with Crippen LogP contribution in [0.15, 0.2) is 0 Å². The number of hydrogen-bond donors (Lipinski definition) is 1. The third kappa shape index (κ3) is 6.14. The molecule has 1 N–H and O–H groups in total. The normalized spacial score (nSPS) is 15.0. The monoisotopic (exact) mass is 119 g/mol.